The molecule has 0 aliphatic rings. The Morgan fingerprint density at radius 1 is 1.39 bits per heavy atom. The number of nitrogens with zero attached hydrogens (tertiary/aromatic N) is 2. The van der Waals surface area contributed by atoms with Gasteiger partial charge in [-0.25, -0.2) is 4.98 Å². The average molecular weight is 263 g/mol. The second-order valence-corrected chi connectivity index (χ2v) is 6.17. The lowest BCUT2D eigenvalue weighted by Crippen LogP contribution is -2.27. The maximum Gasteiger partial charge on any atom is 0.0922 e. The van der Waals surface area contributed by atoms with Crippen LogP contribution in [0.4, 0.5) is 0 Å². The standard InChI is InChI=1S/C14H21N3S/c1-11(2)7-17(8-13-6-15-10-16-13)9-14-12(3)4-5-18-14/h4-6,10-11H,7-9H2,1-3H3,(H,15,16). The zero-order valence-electron chi connectivity index (χ0n) is 11.3. The van der Waals surface area contributed by atoms with Crippen LogP contribution in [0.3, 0.4) is 0 Å². The van der Waals surface area contributed by atoms with Gasteiger partial charge in [-0.3, -0.25) is 4.90 Å². The summed E-state index contributed by atoms with van der Waals surface area (Å²) in [5.74, 6) is 0.674. The van der Waals surface area contributed by atoms with Crippen molar-refractivity contribution in [3.63, 3.8) is 0 Å². The van der Waals surface area contributed by atoms with Crippen molar-refractivity contribution in [3.8, 4) is 0 Å². The van der Waals surface area contributed by atoms with Gasteiger partial charge in [-0.15, -0.1) is 11.3 Å². The molecule has 98 valence electrons. The number of hydrogen-bond acceptors (Lipinski definition) is 3. The highest BCUT2D eigenvalue weighted by Crippen LogP contribution is 2.19. The highest BCUT2D eigenvalue weighted by atomic mass is 32.1. The molecule has 0 aliphatic heterocycles. The van der Waals surface area contributed by atoms with Gasteiger partial charge < -0.3 is 4.98 Å². The molecule has 0 fully saturated rings. The Hall–Kier alpha value is -1.13. The molecule has 0 aliphatic carbocycles. The van der Waals surface area contributed by atoms with Crippen LogP contribution in [0.5, 0.6) is 0 Å². The van der Waals surface area contributed by atoms with E-state index in [4.69, 9.17) is 0 Å². The van der Waals surface area contributed by atoms with Gasteiger partial charge >= 0.3 is 0 Å². The summed E-state index contributed by atoms with van der Waals surface area (Å²) in [6, 6.07) is 2.20. The Morgan fingerprint density at radius 3 is 2.78 bits per heavy atom. The SMILES string of the molecule is Cc1ccsc1CN(Cc1cnc[nH]1)CC(C)C. The zero-order chi connectivity index (χ0) is 13.0. The number of aryl methyl sites for hydroxylation is 1. The van der Waals surface area contributed by atoms with E-state index in [1.165, 1.54) is 16.1 Å². The van der Waals surface area contributed by atoms with E-state index in [0.29, 0.717) is 5.92 Å². The maximum atomic E-state index is 4.09. The largest absolute Gasteiger partial charge is 0.347 e. The van der Waals surface area contributed by atoms with Crippen molar-refractivity contribution in [3.05, 3.63) is 40.1 Å². The molecule has 2 aromatic rings. The van der Waals surface area contributed by atoms with Gasteiger partial charge in [0.1, 0.15) is 0 Å². The van der Waals surface area contributed by atoms with E-state index < -0.39 is 0 Å². The van der Waals surface area contributed by atoms with Crippen molar-refractivity contribution >= 4 is 11.3 Å². The van der Waals surface area contributed by atoms with Gasteiger partial charge in [0.05, 0.1) is 6.33 Å². The summed E-state index contributed by atoms with van der Waals surface area (Å²) in [6.07, 6.45) is 3.66. The Balaban J connectivity index is 2.03. The van der Waals surface area contributed by atoms with Crippen LogP contribution in [0.25, 0.3) is 0 Å². The summed E-state index contributed by atoms with van der Waals surface area (Å²) in [5.41, 5.74) is 2.59. The Kier molecular flexibility index (Phi) is 4.55. The summed E-state index contributed by atoms with van der Waals surface area (Å²) < 4.78 is 0. The van der Waals surface area contributed by atoms with Crippen LogP contribution in [-0.2, 0) is 13.1 Å². The highest BCUT2D eigenvalue weighted by molar-refractivity contribution is 7.10. The van der Waals surface area contributed by atoms with Gasteiger partial charge in [0.15, 0.2) is 0 Å². The quantitative estimate of drug-likeness (QED) is 0.866. The van der Waals surface area contributed by atoms with Gasteiger partial charge in [0.25, 0.3) is 0 Å². The van der Waals surface area contributed by atoms with Crippen LogP contribution in [-0.4, -0.2) is 21.4 Å². The first kappa shape index (κ1) is 13.3. The number of H-pyrrole nitrogens is 1. The number of hydrogen-bond donors (Lipinski definition) is 1. The van der Waals surface area contributed by atoms with Crippen LogP contribution in [0, 0.1) is 12.8 Å². The Bertz CT molecular complexity index is 459. The molecule has 4 heteroatoms. The zero-order valence-corrected chi connectivity index (χ0v) is 12.1. The third-order valence-corrected chi connectivity index (χ3v) is 3.92. The van der Waals surface area contributed by atoms with Crippen LogP contribution in [0.15, 0.2) is 24.0 Å². The fraction of sp³-hybridized carbons (Fsp3) is 0.500. The second-order valence-electron chi connectivity index (χ2n) is 5.17. The summed E-state index contributed by atoms with van der Waals surface area (Å²) in [4.78, 5) is 11.2. The molecule has 18 heavy (non-hydrogen) atoms. The smallest absolute Gasteiger partial charge is 0.0922 e. The molecule has 2 rings (SSSR count). The molecule has 0 unspecified atom stereocenters. The minimum absolute atomic E-state index is 0.674. The molecule has 0 saturated heterocycles. The second kappa shape index (κ2) is 6.16. The molecular weight excluding hydrogens is 242 g/mol. The monoisotopic (exact) mass is 263 g/mol. The molecule has 2 aromatic heterocycles. The normalized spacial score (nSPS) is 11.6. The molecule has 0 saturated carbocycles. The van der Waals surface area contributed by atoms with Crippen molar-refractivity contribution in [1.82, 2.24) is 14.9 Å². The Morgan fingerprint density at radius 2 is 2.22 bits per heavy atom. The molecule has 0 atom stereocenters. The minimum Gasteiger partial charge on any atom is -0.347 e. The third-order valence-electron chi connectivity index (χ3n) is 2.91. The lowest BCUT2D eigenvalue weighted by molar-refractivity contribution is 0.227. The number of aromatic amines is 1. The molecule has 0 bridgehead atoms. The molecule has 0 radical (unpaired) electrons. The predicted octanol–water partition coefficient (Wildman–Crippen LogP) is 3.44. The van der Waals surface area contributed by atoms with Gasteiger partial charge in [-0.1, -0.05) is 13.8 Å². The average Bonchev–Trinajstić information content (AvgIpc) is 2.91. The summed E-state index contributed by atoms with van der Waals surface area (Å²) in [6.45, 7) is 9.80. The van der Waals surface area contributed by atoms with Crippen LogP contribution in [0.1, 0.15) is 30.0 Å². The summed E-state index contributed by atoms with van der Waals surface area (Å²) in [5, 5.41) is 2.18. The Labute approximate surface area is 113 Å². The van der Waals surface area contributed by atoms with Crippen LogP contribution in [0.2, 0.25) is 0 Å². The number of nitrogens with one attached hydrogen (secondary N) is 1. The van der Waals surface area contributed by atoms with E-state index in [1.807, 2.05) is 17.5 Å². The first-order chi connectivity index (χ1) is 8.65. The third kappa shape index (κ3) is 3.68. The van der Waals surface area contributed by atoms with Gasteiger partial charge in [0.2, 0.25) is 0 Å². The van der Waals surface area contributed by atoms with Crippen LogP contribution >= 0.6 is 11.3 Å². The van der Waals surface area contributed by atoms with Crippen LogP contribution < -0.4 is 0 Å². The minimum atomic E-state index is 0.674. The predicted molar refractivity (Wildman–Crippen MR) is 76.6 cm³/mol. The lowest BCUT2D eigenvalue weighted by atomic mass is 10.2. The summed E-state index contributed by atoms with van der Waals surface area (Å²) >= 11 is 1.85. The number of rotatable bonds is 6. The van der Waals surface area contributed by atoms with E-state index in [1.54, 1.807) is 6.33 Å². The molecule has 0 aromatic carbocycles. The van der Waals surface area contributed by atoms with E-state index in [-0.39, 0.29) is 0 Å². The van der Waals surface area contributed by atoms with Crippen molar-refractivity contribution in [1.29, 1.82) is 0 Å². The number of thiophene rings is 1. The highest BCUT2D eigenvalue weighted by Gasteiger charge is 2.11. The van der Waals surface area contributed by atoms with Gasteiger partial charge in [-0.2, -0.15) is 0 Å². The molecule has 2 heterocycles. The molecule has 0 spiro atoms. The van der Waals surface area contributed by atoms with Gasteiger partial charge in [-0.05, 0) is 29.9 Å². The van der Waals surface area contributed by atoms with E-state index in [9.17, 15) is 0 Å². The molecule has 0 amide bonds. The topological polar surface area (TPSA) is 31.9 Å². The van der Waals surface area contributed by atoms with Crippen molar-refractivity contribution in [2.45, 2.75) is 33.9 Å². The fourth-order valence-electron chi connectivity index (χ4n) is 2.08. The van der Waals surface area contributed by atoms with Crippen molar-refractivity contribution in [2.75, 3.05) is 6.54 Å². The number of aromatic nitrogens is 2. The van der Waals surface area contributed by atoms with E-state index in [0.717, 1.165) is 19.6 Å². The van der Waals surface area contributed by atoms with Gasteiger partial charge in [0, 0.05) is 36.4 Å². The molecular formula is C14H21N3S. The first-order valence-corrected chi connectivity index (χ1v) is 7.25. The lowest BCUT2D eigenvalue weighted by Gasteiger charge is -2.23. The van der Waals surface area contributed by atoms with E-state index in [2.05, 4.69) is 47.1 Å². The van der Waals surface area contributed by atoms with Crippen molar-refractivity contribution in [2.24, 2.45) is 5.92 Å². The fourth-order valence-corrected chi connectivity index (χ4v) is 3.03. The van der Waals surface area contributed by atoms with E-state index >= 15 is 0 Å². The maximum absolute atomic E-state index is 4.09. The van der Waals surface area contributed by atoms with Crippen molar-refractivity contribution < 1.29 is 0 Å². The number of imidazole rings is 1. The molecule has 1 N–H and O–H groups in total. The first-order valence-electron chi connectivity index (χ1n) is 6.37. The summed E-state index contributed by atoms with van der Waals surface area (Å²) in [7, 11) is 0. The molecule has 3 nitrogen and oxygen atoms in total.